The highest BCUT2D eigenvalue weighted by Crippen LogP contribution is 2.39. The average molecular weight is 612 g/mol. The molecule has 0 saturated carbocycles. The van der Waals surface area contributed by atoms with Crippen molar-refractivity contribution in [1.29, 1.82) is 0 Å². The normalized spacial score (nSPS) is 15.4. The van der Waals surface area contributed by atoms with Gasteiger partial charge in [0, 0.05) is 35.3 Å². The van der Waals surface area contributed by atoms with Gasteiger partial charge >= 0.3 is 0 Å². The maximum absolute atomic E-state index is 13.0. The number of aryl methyl sites for hydroxylation is 1. The van der Waals surface area contributed by atoms with Crippen molar-refractivity contribution < 1.29 is 22.8 Å². The summed E-state index contributed by atoms with van der Waals surface area (Å²) >= 11 is 1.27. The van der Waals surface area contributed by atoms with Crippen molar-refractivity contribution in [1.82, 2.24) is 20.2 Å². The summed E-state index contributed by atoms with van der Waals surface area (Å²) in [6, 6.07) is 13.9. The third-order valence-corrected chi connectivity index (χ3v) is 9.07. The molecule has 5 rings (SSSR count). The molecular weight excluding hydrogens is 582 g/mol. The van der Waals surface area contributed by atoms with Gasteiger partial charge in [-0.2, -0.15) is 5.10 Å². The predicted molar refractivity (Wildman–Crippen MR) is 157 cm³/mol. The highest BCUT2D eigenvalue weighted by atomic mass is 32.2. The zero-order valence-corrected chi connectivity index (χ0v) is 24.7. The minimum atomic E-state index is -3.74. The number of nitrogens with zero attached hydrogens (tertiary/aromatic N) is 5. The molecule has 220 valence electrons. The van der Waals surface area contributed by atoms with Gasteiger partial charge in [-0.15, -0.1) is 0 Å². The lowest BCUT2D eigenvalue weighted by molar-refractivity contribution is -0.384. The predicted octanol–water partition coefficient (Wildman–Crippen LogP) is 4.52. The van der Waals surface area contributed by atoms with Crippen molar-refractivity contribution in [2.45, 2.75) is 40.6 Å². The van der Waals surface area contributed by atoms with Crippen LogP contribution in [-0.2, 0) is 20.3 Å². The Morgan fingerprint density at radius 1 is 1.21 bits per heavy atom. The largest absolute Gasteiger partial charge is 0.490 e. The van der Waals surface area contributed by atoms with Gasteiger partial charge in [0.25, 0.3) is 5.69 Å². The molecule has 0 radical (unpaired) electrons. The van der Waals surface area contributed by atoms with E-state index in [4.69, 9.17) is 19.4 Å². The number of hydrogen-bond donors (Lipinski definition) is 2. The molecule has 2 N–H and O–H groups in total. The van der Waals surface area contributed by atoms with Gasteiger partial charge < -0.3 is 19.7 Å². The van der Waals surface area contributed by atoms with E-state index in [1.54, 1.807) is 25.3 Å². The summed E-state index contributed by atoms with van der Waals surface area (Å²) in [5.41, 5.74) is 1.06. The standard InChI is InChI=1S/C27H29N7O6S2/c1-17-13-23(32-31-17)28-25-24(39-3)26(33-11-12-40-15-18(33)2)30-27(29-25)41-21-7-9-22(10-8-21)42(37,38)16-19-5-4-6-20(14-19)34(35)36/h4-10,13-14,18H,11-12,15-16H2,1-3H3,(H2,28,29,30,31,32)/t18-/m0/s1. The number of hydrogen-bond acceptors (Lipinski definition) is 12. The highest BCUT2D eigenvalue weighted by Gasteiger charge is 2.27. The number of nitro benzene ring substituents is 1. The van der Waals surface area contributed by atoms with Gasteiger partial charge in [0.15, 0.2) is 32.4 Å². The van der Waals surface area contributed by atoms with E-state index in [0.29, 0.717) is 53.7 Å². The quantitative estimate of drug-likeness (QED) is 0.146. The molecule has 2 aromatic heterocycles. The summed E-state index contributed by atoms with van der Waals surface area (Å²) in [5, 5.41) is 21.9. The second-order valence-electron chi connectivity index (χ2n) is 9.65. The fourth-order valence-corrected chi connectivity index (χ4v) is 6.55. The van der Waals surface area contributed by atoms with Crippen LogP contribution < -0.4 is 15.0 Å². The van der Waals surface area contributed by atoms with Crippen LogP contribution in [0.3, 0.4) is 0 Å². The van der Waals surface area contributed by atoms with E-state index in [1.165, 1.54) is 42.1 Å². The number of methoxy groups -OCH3 is 1. The molecule has 3 heterocycles. The number of morpholine rings is 1. The molecule has 15 heteroatoms. The molecule has 1 aliphatic heterocycles. The highest BCUT2D eigenvalue weighted by molar-refractivity contribution is 7.99. The maximum Gasteiger partial charge on any atom is 0.269 e. The number of rotatable bonds is 10. The van der Waals surface area contributed by atoms with E-state index >= 15 is 0 Å². The summed E-state index contributed by atoms with van der Waals surface area (Å²) < 4.78 is 37.5. The van der Waals surface area contributed by atoms with Gasteiger partial charge in [0.2, 0.25) is 5.75 Å². The number of nitro groups is 1. The fraction of sp³-hybridized carbons (Fsp3) is 0.296. The first-order valence-electron chi connectivity index (χ1n) is 13.0. The SMILES string of the molecule is COc1c(Nc2cc(C)[nH]n2)nc(Sc2ccc(S(=O)(=O)Cc3cccc([N+](=O)[O-])c3)cc2)nc1N1CCOC[C@@H]1C. The maximum atomic E-state index is 13.0. The molecule has 1 aliphatic rings. The van der Waals surface area contributed by atoms with Crippen molar-refractivity contribution in [3.8, 4) is 5.75 Å². The van der Waals surface area contributed by atoms with Gasteiger partial charge in [-0.25, -0.2) is 18.4 Å². The number of ether oxygens (including phenoxy) is 2. The molecule has 0 amide bonds. The third kappa shape index (κ3) is 6.64. The van der Waals surface area contributed by atoms with Crippen molar-refractivity contribution in [2.24, 2.45) is 0 Å². The fourth-order valence-electron chi connectivity index (χ4n) is 4.46. The molecule has 13 nitrogen and oxygen atoms in total. The van der Waals surface area contributed by atoms with E-state index in [1.807, 2.05) is 19.9 Å². The van der Waals surface area contributed by atoms with Gasteiger partial charge in [-0.1, -0.05) is 12.1 Å². The number of non-ortho nitro benzene ring substituents is 1. The number of nitrogens with one attached hydrogen (secondary N) is 2. The van der Waals surface area contributed by atoms with Crippen LogP contribution in [0.4, 0.5) is 23.1 Å². The van der Waals surface area contributed by atoms with Crippen molar-refractivity contribution in [2.75, 3.05) is 37.1 Å². The summed E-state index contributed by atoms with van der Waals surface area (Å²) in [5.74, 6) is 1.73. The average Bonchev–Trinajstić information content (AvgIpc) is 3.37. The lowest BCUT2D eigenvalue weighted by Gasteiger charge is -2.35. The first-order valence-corrected chi connectivity index (χ1v) is 15.4. The van der Waals surface area contributed by atoms with Crippen LogP contribution in [0.1, 0.15) is 18.2 Å². The minimum Gasteiger partial charge on any atom is -0.490 e. The number of H-pyrrole nitrogens is 1. The van der Waals surface area contributed by atoms with Crippen LogP contribution in [-0.4, -0.2) is 66.4 Å². The summed E-state index contributed by atoms with van der Waals surface area (Å²) in [6.45, 7) is 5.66. The van der Waals surface area contributed by atoms with E-state index < -0.39 is 14.8 Å². The molecule has 0 aliphatic carbocycles. The number of aromatic nitrogens is 4. The Labute approximate surface area is 246 Å². The van der Waals surface area contributed by atoms with E-state index in [9.17, 15) is 18.5 Å². The van der Waals surface area contributed by atoms with Crippen LogP contribution in [0.25, 0.3) is 0 Å². The Balaban J connectivity index is 1.42. The van der Waals surface area contributed by atoms with Crippen molar-refractivity contribution >= 4 is 44.7 Å². The molecule has 1 saturated heterocycles. The van der Waals surface area contributed by atoms with Gasteiger partial charge in [-0.3, -0.25) is 15.2 Å². The molecule has 42 heavy (non-hydrogen) atoms. The van der Waals surface area contributed by atoms with Crippen LogP contribution in [0.2, 0.25) is 0 Å². The Bertz CT molecular complexity index is 1700. The molecule has 0 bridgehead atoms. The Morgan fingerprint density at radius 3 is 2.67 bits per heavy atom. The van der Waals surface area contributed by atoms with E-state index in [0.717, 1.165) is 10.6 Å². The Kier molecular flexibility index (Phi) is 8.61. The summed E-state index contributed by atoms with van der Waals surface area (Å²) in [7, 11) is -2.18. The van der Waals surface area contributed by atoms with Crippen LogP contribution in [0, 0.1) is 17.0 Å². The van der Waals surface area contributed by atoms with E-state index in [-0.39, 0.29) is 22.4 Å². The number of sulfone groups is 1. The zero-order valence-electron chi connectivity index (χ0n) is 23.1. The molecular formula is C27H29N7O6S2. The molecule has 0 unspecified atom stereocenters. The van der Waals surface area contributed by atoms with Gasteiger partial charge in [-0.05, 0) is 55.4 Å². The molecule has 2 aromatic carbocycles. The van der Waals surface area contributed by atoms with E-state index in [2.05, 4.69) is 20.4 Å². The Hall–Kier alpha value is -4.21. The van der Waals surface area contributed by atoms with Crippen molar-refractivity contribution in [3.05, 3.63) is 76.0 Å². The Morgan fingerprint density at radius 2 is 2.00 bits per heavy atom. The van der Waals surface area contributed by atoms with Crippen LogP contribution in [0.5, 0.6) is 5.75 Å². The third-order valence-electron chi connectivity index (χ3n) is 6.49. The van der Waals surface area contributed by atoms with Crippen molar-refractivity contribution in [3.63, 3.8) is 0 Å². The first kappa shape index (κ1) is 29.3. The zero-order chi connectivity index (χ0) is 29.9. The lowest BCUT2D eigenvalue weighted by Crippen LogP contribution is -2.44. The van der Waals surface area contributed by atoms with Crippen LogP contribution >= 0.6 is 11.8 Å². The lowest BCUT2D eigenvalue weighted by atomic mass is 10.2. The molecule has 1 fully saturated rings. The topological polar surface area (TPSA) is 165 Å². The van der Waals surface area contributed by atoms with Crippen LogP contribution in [0.15, 0.2) is 69.5 Å². The second-order valence-corrected chi connectivity index (χ2v) is 12.7. The second kappa shape index (κ2) is 12.3. The number of benzene rings is 2. The van der Waals surface area contributed by atoms with Gasteiger partial charge in [0.05, 0.1) is 41.9 Å². The monoisotopic (exact) mass is 611 g/mol. The number of aromatic amines is 1. The molecule has 0 spiro atoms. The molecule has 1 atom stereocenters. The summed E-state index contributed by atoms with van der Waals surface area (Å²) in [4.78, 5) is 23.0. The number of anilines is 3. The smallest absolute Gasteiger partial charge is 0.269 e. The minimum absolute atomic E-state index is 0.0522. The summed E-state index contributed by atoms with van der Waals surface area (Å²) in [6.07, 6.45) is 0. The molecule has 4 aromatic rings. The first-order chi connectivity index (χ1) is 20.1. The van der Waals surface area contributed by atoms with Gasteiger partial charge in [0.1, 0.15) is 0 Å².